The molecule has 0 saturated carbocycles. The molecule has 2 aromatic rings. The minimum absolute atomic E-state index is 0.0536. The highest BCUT2D eigenvalue weighted by Gasteiger charge is 2.21. The van der Waals surface area contributed by atoms with Gasteiger partial charge in [0, 0.05) is 10.2 Å². The van der Waals surface area contributed by atoms with Gasteiger partial charge < -0.3 is 9.84 Å². The van der Waals surface area contributed by atoms with E-state index in [9.17, 15) is 9.90 Å². The summed E-state index contributed by atoms with van der Waals surface area (Å²) in [6.07, 6.45) is 0. The van der Waals surface area contributed by atoms with Crippen LogP contribution >= 0.6 is 15.9 Å². The molecule has 1 atom stereocenters. The Balaban J connectivity index is 2.91. The highest BCUT2D eigenvalue weighted by atomic mass is 79.9. The second kappa shape index (κ2) is 4.98. The molecule has 2 rings (SSSR count). The largest absolute Gasteiger partial charge is 0.495 e. The summed E-state index contributed by atoms with van der Waals surface area (Å²) in [6, 6.07) is 9.49. The van der Waals surface area contributed by atoms with Crippen LogP contribution in [0, 0.1) is 0 Å². The Morgan fingerprint density at radius 2 is 2.06 bits per heavy atom. The second-order valence-electron chi connectivity index (χ2n) is 4.02. The van der Waals surface area contributed by atoms with Crippen molar-refractivity contribution in [1.82, 2.24) is 0 Å². The summed E-state index contributed by atoms with van der Waals surface area (Å²) in [7, 11) is 1.50. The number of alkyl halides is 1. The average Bonchev–Trinajstić information content (AvgIpc) is 2.35. The molecule has 2 aromatic carbocycles. The smallest absolute Gasteiger partial charge is 0.339 e. The van der Waals surface area contributed by atoms with Crippen molar-refractivity contribution in [2.75, 3.05) is 7.11 Å². The van der Waals surface area contributed by atoms with E-state index in [1.165, 1.54) is 7.11 Å². The summed E-state index contributed by atoms with van der Waals surface area (Å²) in [5.41, 5.74) is 0.943. The quantitative estimate of drug-likeness (QED) is 0.872. The molecule has 1 N–H and O–H groups in total. The van der Waals surface area contributed by atoms with Crippen molar-refractivity contribution in [3.05, 3.63) is 41.5 Å². The van der Waals surface area contributed by atoms with Crippen LogP contribution in [0.3, 0.4) is 0 Å². The van der Waals surface area contributed by atoms with Crippen molar-refractivity contribution in [3.63, 3.8) is 0 Å². The number of halogens is 1. The van der Waals surface area contributed by atoms with Crippen LogP contribution < -0.4 is 4.74 Å². The highest BCUT2D eigenvalue weighted by molar-refractivity contribution is 9.09. The molecule has 18 heavy (non-hydrogen) atoms. The molecule has 0 aliphatic carbocycles. The number of carbonyl (C=O) groups is 1. The SMILES string of the molecule is COc1c(C(=O)O)c(C(C)Br)cc2ccccc12. The van der Waals surface area contributed by atoms with Crippen LogP contribution in [-0.4, -0.2) is 18.2 Å². The molecule has 0 bridgehead atoms. The second-order valence-corrected chi connectivity index (χ2v) is 5.39. The molecular weight excluding hydrogens is 296 g/mol. The summed E-state index contributed by atoms with van der Waals surface area (Å²) >= 11 is 3.43. The molecule has 94 valence electrons. The predicted octanol–water partition coefficient (Wildman–Crippen LogP) is 4.00. The van der Waals surface area contributed by atoms with E-state index in [0.717, 1.165) is 16.3 Å². The minimum Gasteiger partial charge on any atom is -0.495 e. The molecule has 4 heteroatoms. The van der Waals surface area contributed by atoms with Gasteiger partial charge in [-0.2, -0.15) is 0 Å². The maximum atomic E-state index is 11.4. The van der Waals surface area contributed by atoms with Gasteiger partial charge in [-0.3, -0.25) is 0 Å². The van der Waals surface area contributed by atoms with Gasteiger partial charge in [-0.05, 0) is 23.9 Å². The summed E-state index contributed by atoms with van der Waals surface area (Å²) in [5, 5.41) is 11.2. The van der Waals surface area contributed by atoms with Crippen molar-refractivity contribution in [1.29, 1.82) is 0 Å². The summed E-state index contributed by atoms with van der Waals surface area (Å²) in [4.78, 5) is 11.4. The maximum Gasteiger partial charge on any atom is 0.339 e. The van der Waals surface area contributed by atoms with E-state index >= 15 is 0 Å². The molecule has 0 aromatic heterocycles. The van der Waals surface area contributed by atoms with Gasteiger partial charge in [-0.25, -0.2) is 4.79 Å². The van der Waals surface area contributed by atoms with E-state index in [2.05, 4.69) is 15.9 Å². The van der Waals surface area contributed by atoms with Gasteiger partial charge in [0.2, 0.25) is 0 Å². The molecule has 0 saturated heterocycles. The molecule has 0 radical (unpaired) electrons. The van der Waals surface area contributed by atoms with E-state index in [1.54, 1.807) is 0 Å². The third kappa shape index (κ3) is 2.08. The molecular formula is C14H13BrO3. The van der Waals surface area contributed by atoms with Gasteiger partial charge in [0.05, 0.1) is 7.11 Å². The minimum atomic E-state index is -0.973. The van der Waals surface area contributed by atoms with Crippen molar-refractivity contribution in [2.24, 2.45) is 0 Å². The molecule has 0 aliphatic heterocycles. The van der Waals surface area contributed by atoms with E-state index in [1.807, 2.05) is 37.3 Å². The fourth-order valence-electron chi connectivity index (χ4n) is 2.08. The van der Waals surface area contributed by atoms with Gasteiger partial charge >= 0.3 is 5.97 Å². The standard InChI is InChI=1S/C14H13BrO3/c1-8(15)11-7-9-5-3-4-6-10(9)13(18-2)12(11)14(16)17/h3-8H,1-2H3,(H,16,17). The Morgan fingerprint density at radius 1 is 1.39 bits per heavy atom. The molecule has 0 aliphatic rings. The highest BCUT2D eigenvalue weighted by Crippen LogP contribution is 2.37. The lowest BCUT2D eigenvalue weighted by molar-refractivity contribution is 0.0692. The first kappa shape index (κ1) is 12.9. The van der Waals surface area contributed by atoms with E-state index in [4.69, 9.17) is 4.74 Å². The number of aromatic carboxylic acids is 1. The summed E-state index contributed by atoms with van der Waals surface area (Å²) in [5.74, 6) is -0.555. The maximum absolute atomic E-state index is 11.4. The van der Waals surface area contributed by atoms with Crippen LogP contribution in [0.15, 0.2) is 30.3 Å². The number of benzene rings is 2. The zero-order chi connectivity index (χ0) is 13.3. The average molecular weight is 309 g/mol. The number of fused-ring (bicyclic) bond motifs is 1. The zero-order valence-corrected chi connectivity index (χ0v) is 11.7. The van der Waals surface area contributed by atoms with Crippen LogP contribution in [0.4, 0.5) is 0 Å². The van der Waals surface area contributed by atoms with Gasteiger partial charge in [0.1, 0.15) is 11.3 Å². The Morgan fingerprint density at radius 3 is 2.61 bits per heavy atom. The number of ether oxygens (including phenoxy) is 1. The molecule has 0 amide bonds. The lowest BCUT2D eigenvalue weighted by Crippen LogP contribution is -2.06. The van der Waals surface area contributed by atoms with Crippen LogP contribution in [0.1, 0.15) is 27.7 Å². The van der Waals surface area contributed by atoms with E-state index in [-0.39, 0.29) is 10.4 Å². The molecule has 0 heterocycles. The van der Waals surface area contributed by atoms with Gasteiger partial charge in [0.25, 0.3) is 0 Å². The fourth-order valence-corrected chi connectivity index (χ4v) is 2.44. The third-order valence-electron chi connectivity index (χ3n) is 2.88. The lowest BCUT2D eigenvalue weighted by Gasteiger charge is -2.15. The predicted molar refractivity (Wildman–Crippen MR) is 74.8 cm³/mol. The number of methoxy groups -OCH3 is 1. The Labute approximate surface area is 114 Å². The van der Waals surface area contributed by atoms with Crippen LogP contribution in [0.5, 0.6) is 5.75 Å². The molecule has 1 unspecified atom stereocenters. The first-order valence-electron chi connectivity index (χ1n) is 5.53. The topological polar surface area (TPSA) is 46.5 Å². The van der Waals surface area contributed by atoms with Crippen LogP contribution in [0.25, 0.3) is 10.8 Å². The first-order chi connectivity index (χ1) is 8.56. The number of rotatable bonds is 3. The molecule has 0 fully saturated rings. The number of hydrogen-bond donors (Lipinski definition) is 1. The normalized spacial score (nSPS) is 12.4. The van der Waals surface area contributed by atoms with Crippen LogP contribution in [-0.2, 0) is 0 Å². The fraction of sp³-hybridized carbons (Fsp3) is 0.214. The number of hydrogen-bond acceptors (Lipinski definition) is 2. The van der Waals surface area contributed by atoms with Crippen molar-refractivity contribution in [2.45, 2.75) is 11.8 Å². The van der Waals surface area contributed by atoms with Gasteiger partial charge in [-0.1, -0.05) is 40.2 Å². The van der Waals surface area contributed by atoms with Crippen molar-refractivity contribution in [3.8, 4) is 5.75 Å². The molecule has 3 nitrogen and oxygen atoms in total. The van der Waals surface area contributed by atoms with Gasteiger partial charge in [-0.15, -0.1) is 0 Å². The number of carboxylic acid groups (broad SMARTS) is 1. The lowest BCUT2D eigenvalue weighted by atomic mass is 9.97. The summed E-state index contributed by atoms with van der Waals surface area (Å²) in [6.45, 7) is 1.90. The summed E-state index contributed by atoms with van der Waals surface area (Å²) < 4.78 is 5.31. The zero-order valence-electron chi connectivity index (χ0n) is 10.1. The molecule has 0 spiro atoms. The first-order valence-corrected chi connectivity index (χ1v) is 6.44. The van der Waals surface area contributed by atoms with Crippen molar-refractivity contribution >= 4 is 32.7 Å². The third-order valence-corrected chi connectivity index (χ3v) is 3.37. The number of carboxylic acids is 1. The Kier molecular flexibility index (Phi) is 3.57. The van der Waals surface area contributed by atoms with E-state index in [0.29, 0.717) is 5.75 Å². The monoisotopic (exact) mass is 308 g/mol. The Hall–Kier alpha value is -1.55. The van der Waals surface area contributed by atoms with Crippen molar-refractivity contribution < 1.29 is 14.6 Å². The van der Waals surface area contributed by atoms with Gasteiger partial charge in [0.15, 0.2) is 0 Å². The van der Waals surface area contributed by atoms with E-state index < -0.39 is 5.97 Å². The Bertz CT molecular complexity index is 605. The van der Waals surface area contributed by atoms with Crippen LogP contribution in [0.2, 0.25) is 0 Å².